The number of nitrogens with one attached hydrogen (secondary N) is 1. The minimum Gasteiger partial charge on any atom is -0.744 e. The number of rotatable bonds is 3. The number of hydrogen-bond donors (Lipinski definition) is 1. The van der Waals surface area contributed by atoms with Gasteiger partial charge in [0.25, 0.3) is 0 Å². The van der Waals surface area contributed by atoms with Gasteiger partial charge in [0.15, 0.2) is 0 Å². The van der Waals surface area contributed by atoms with Gasteiger partial charge < -0.3 is 9.87 Å². The maximum atomic E-state index is 11.6. The monoisotopic (exact) mass is 335 g/mol. The van der Waals surface area contributed by atoms with Crippen LogP contribution in [0.4, 0.5) is 11.4 Å². The molecule has 0 aliphatic heterocycles. The van der Waals surface area contributed by atoms with Gasteiger partial charge in [-0.25, -0.2) is 8.42 Å². The molecule has 3 aromatic rings. The second-order valence-corrected chi connectivity index (χ2v) is 6.40. The molecule has 0 amide bonds. The Labute approximate surface area is 157 Å². The second-order valence-electron chi connectivity index (χ2n) is 5.05. The molecule has 0 aliphatic carbocycles. The van der Waals surface area contributed by atoms with E-state index in [2.05, 4.69) is 5.32 Å². The number of para-hydroxylation sites is 1. The van der Waals surface area contributed by atoms with Crippen LogP contribution in [0.3, 0.4) is 0 Å². The predicted octanol–water partition coefficient (Wildman–Crippen LogP) is 0.800. The van der Waals surface area contributed by atoms with Crippen molar-refractivity contribution in [2.75, 3.05) is 5.32 Å². The van der Waals surface area contributed by atoms with Crippen molar-refractivity contribution in [1.82, 2.24) is 0 Å². The number of fused-ring (bicyclic) bond motifs is 1. The molecule has 0 radical (unpaired) electrons. The van der Waals surface area contributed by atoms with Crippen LogP contribution in [0.2, 0.25) is 0 Å². The standard InChI is InChI=1S/C17H15NO3S.Na/c1-12-6-2-5-9-15(12)18-17-14-8-4-3-7-13(14)10-11-16(17)22(19,20)21;/h2-11,18H,1H3,(H,19,20,21);/q;+1/p-1. The van der Waals surface area contributed by atoms with Gasteiger partial charge in [-0.15, -0.1) is 0 Å². The smallest absolute Gasteiger partial charge is 0.744 e. The summed E-state index contributed by atoms with van der Waals surface area (Å²) in [5, 5.41) is 4.67. The van der Waals surface area contributed by atoms with Gasteiger partial charge >= 0.3 is 29.6 Å². The molecule has 0 aliphatic rings. The normalized spacial score (nSPS) is 11.0. The number of hydrogen-bond acceptors (Lipinski definition) is 4. The van der Waals surface area contributed by atoms with Crippen LogP contribution in [0.15, 0.2) is 65.6 Å². The summed E-state index contributed by atoms with van der Waals surface area (Å²) in [4.78, 5) is -0.241. The van der Waals surface area contributed by atoms with Crippen LogP contribution in [0, 0.1) is 6.92 Å². The molecule has 112 valence electrons. The molecule has 6 heteroatoms. The minimum absolute atomic E-state index is 0. The van der Waals surface area contributed by atoms with Crippen molar-refractivity contribution in [3.05, 3.63) is 66.2 Å². The van der Waals surface area contributed by atoms with Crippen LogP contribution in [-0.4, -0.2) is 13.0 Å². The van der Waals surface area contributed by atoms with Crippen LogP contribution >= 0.6 is 0 Å². The molecule has 23 heavy (non-hydrogen) atoms. The number of benzene rings is 3. The van der Waals surface area contributed by atoms with Crippen molar-refractivity contribution in [2.45, 2.75) is 11.8 Å². The third-order valence-electron chi connectivity index (χ3n) is 3.56. The Balaban J connectivity index is 0.00000192. The zero-order valence-electron chi connectivity index (χ0n) is 12.9. The second kappa shape index (κ2) is 7.03. The molecule has 0 heterocycles. The maximum Gasteiger partial charge on any atom is 1.00 e. The van der Waals surface area contributed by atoms with Gasteiger partial charge in [-0.1, -0.05) is 48.5 Å². The quantitative estimate of drug-likeness (QED) is 0.568. The summed E-state index contributed by atoms with van der Waals surface area (Å²) < 4.78 is 34.7. The summed E-state index contributed by atoms with van der Waals surface area (Å²) in [6.45, 7) is 1.92. The molecule has 0 bridgehead atoms. The molecule has 4 nitrogen and oxygen atoms in total. The molecule has 0 saturated heterocycles. The molecule has 0 aromatic heterocycles. The van der Waals surface area contributed by atoms with Crippen LogP contribution in [0.5, 0.6) is 0 Å². The fourth-order valence-electron chi connectivity index (χ4n) is 2.44. The summed E-state index contributed by atoms with van der Waals surface area (Å²) in [6.07, 6.45) is 0. The van der Waals surface area contributed by atoms with Crippen molar-refractivity contribution >= 4 is 32.3 Å². The zero-order chi connectivity index (χ0) is 15.7. The van der Waals surface area contributed by atoms with E-state index in [1.54, 1.807) is 12.1 Å². The van der Waals surface area contributed by atoms with Crippen molar-refractivity contribution in [3.63, 3.8) is 0 Å². The van der Waals surface area contributed by atoms with E-state index >= 15 is 0 Å². The topological polar surface area (TPSA) is 69.2 Å². The molecule has 0 spiro atoms. The van der Waals surface area contributed by atoms with Gasteiger partial charge in [-0.3, -0.25) is 0 Å². The third-order valence-corrected chi connectivity index (χ3v) is 4.44. The van der Waals surface area contributed by atoms with Crippen molar-refractivity contribution in [3.8, 4) is 0 Å². The summed E-state index contributed by atoms with van der Waals surface area (Å²) in [7, 11) is -4.57. The zero-order valence-corrected chi connectivity index (χ0v) is 15.7. The van der Waals surface area contributed by atoms with Crippen LogP contribution in [0.25, 0.3) is 10.8 Å². The summed E-state index contributed by atoms with van der Waals surface area (Å²) in [5.41, 5.74) is 2.05. The first-order valence-corrected chi connectivity index (χ1v) is 8.18. The SMILES string of the molecule is Cc1ccccc1Nc1c(S(=O)(=O)[O-])ccc2ccccc12.[Na+]. The van der Waals surface area contributed by atoms with E-state index in [4.69, 9.17) is 0 Å². The van der Waals surface area contributed by atoms with Crippen molar-refractivity contribution in [2.24, 2.45) is 0 Å². The molecule has 0 unspecified atom stereocenters. The fraction of sp³-hybridized carbons (Fsp3) is 0.0588. The molecular formula is C17H14NNaO3S. The third kappa shape index (κ3) is 3.76. The van der Waals surface area contributed by atoms with Gasteiger partial charge in [0.05, 0.1) is 10.6 Å². The van der Waals surface area contributed by atoms with Crippen LogP contribution < -0.4 is 34.9 Å². The molecular weight excluding hydrogens is 321 g/mol. The Morgan fingerprint density at radius 3 is 2.26 bits per heavy atom. The number of aryl methyl sites for hydroxylation is 1. The molecule has 0 fully saturated rings. The van der Waals surface area contributed by atoms with Crippen molar-refractivity contribution < 1.29 is 42.5 Å². The first-order chi connectivity index (χ1) is 10.5. The molecule has 3 rings (SSSR count). The maximum absolute atomic E-state index is 11.6. The van der Waals surface area contributed by atoms with E-state index in [1.165, 1.54) is 6.07 Å². The number of anilines is 2. The van der Waals surface area contributed by atoms with Crippen molar-refractivity contribution in [1.29, 1.82) is 0 Å². The Morgan fingerprint density at radius 2 is 1.57 bits per heavy atom. The van der Waals surface area contributed by atoms with E-state index in [9.17, 15) is 13.0 Å². The summed E-state index contributed by atoms with van der Waals surface area (Å²) in [5.74, 6) is 0. The Kier molecular flexibility index (Phi) is 5.49. The minimum atomic E-state index is -4.57. The van der Waals surface area contributed by atoms with Crippen LogP contribution in [0.1, 0.15) is 5.56 Å². The molecule has 1 N–H and O–H groups in total. The fourth-order valence-corrected chi connectivity index (χ4v) is 3.08. The van der Waals surface area contributed by atoms with E-state index < -0.39 is 10.1 Å². The van der Waals surface area contributed by atoms with Gasteiger partial charge in [0, 0.05) is 11.1 Å². The Morgan fingerprint density at radius 1 is 0.913 bits per heavy atom. The van der Waals surface area contributed by atoms with E-state index in [0.717, 1.165) is 16.6 Å². The van der Waals surface area contributed by atoms with E-state index in [1.807, 2.05) is 49.4 Å². The predicted molar refractivity (Wildman–Crippen MR) is 86.4 cm³/mol. The van der Waals surface area contributed by atoms with Crippen LogP contribution in [-0.2, 0) is 10.1 Å². The summed E-state index contributed by atoms with van der Waals surface area (Å²) >= 11 is 0. The molecule has 0 atom stereocenters. The van der Waals surface area contributed by atoms with E-state index in [-0.39, 0.29) is 34.5 Å². The Hall–Kier alpha value is -1.37. The van der Waals surface area contributed by atoms with Gasteiger partial charge in [-0.05, 0) is 30.0 Å². The molecule has 0 saturated carbocycles. The first-order valence-electron chi connectivity index (χ1n) is 6.77. The van der Waals surface area contributed by atoms with E-state index in [0.29, 0.717) is 11.1 Å². The van der Waals surface area contributed by atoms with Gasteiger partial charge in [-0.2, -0.15) is 0 Å². The largest absolute Gasteiger partial charge is 1.00 e. The molecule has 3 aromatic carbocycles. The summed E-state index contributed by atoms with van der Waals surface area (Å²) in [6, 6.07) is 17.9. The van der Waals surface area contributed by atoms with Gasteiger partial charge in [0.1, 0.15) is 10.1 Å². The Bertz CT molecular complexity index is 955. The average molecular weight is 335 g/mol. The first kappa shape index (κ1) is 18.0. The average Bonchev–Trinajstić information content (AvgIpc) is 2.48. The van der Waals surface area contributed by atoms with Gasteiger partial charge in [0.2, 0.25) is 0 Å².